The van der Waals surface area contributed by atoms with E-state index in [-0.39, 0.29) is 29.7 Å². The molecule has 1 atom stereocenters. The molecule has 0 radical (unpaired) electrons. The van der Waals surface area contributed by atoms with Crippen LogP contribution in [0.2, 0.25) is 0 Å². The number of hydrogen-bond acceptors (Lipinski definition) is 6. The molecule has 0 aromatic heterocycles. The first kappa shape index (κ1) is 20.6. The average molecular weight is 458 g/mol. The first-order chi connectivity index (χ1) is 16.4. The largest absolute Gasteiger partial charge is 0.369 e. The van der Waals surface area contributed by atoms with Gasteiger partial charge in [0.25, 0.3) is 17.7 Å². The average Bonchev–Trinajstić information content (AvgIpc) is 3.03. The molecule has 1 N–H and O–H groups in total. The third-order valence-electron chi connectivity index (χ3n) is 7.20. The van der Waals surface area contributed by atoms with Gasteiger partial charge in [-0.1, -0.05) is 24.3 Å². The molecule has 4 aliphatic heterocycles. The van der Waals surface area contributed by atoms with E-state index in [0.717, 1.165) is 4.90 Å². The Balaban J connectivity index is 1.17. The van der Waals surface area contributed by atoms with Crippen LogP contribution in [0.25, 0.3) is 0 Å². The third-order valence-corrected chi connectivity index (χ3v) is 7.20. The molecule has 9 heteroatoms. The molecule has 0 saturated carbocycles. The second-order valence-corrected chi connectivity index (χ2v) is 9.53. The van der Waals surface area contributed by atoms with Crippen molar-refractivity contribution in [1.29, 1.82) is 0 Å². The van der Waals surface area contributed by atoms with Crippen LogP contribution in [0.4, 0.5) is 5.69 Å². The highest BCUT2D eigenvalue weighted by Crippen LogP contribution is 2.45. The summed E-state index contributed by atoms with van der Waals surface area (Å²) in [5.74, 6) is -2.00. The zero-order valence-corrected chi connectivity index (χ0v) is 18.3. The monoisotopic (exact) mass is 458 g/mol. The van der Waals surface area contributed by atoms with E-state index in [1.54, 1.807) is 12.1 Å². The normalized spacial score (nSPS) is 22.9. The lowest BCUT2D eigenvalue weighted by molar-refractivity contribution is -0.136. The number of anilines is 1. The number of carbonyl (C=O) groups excluding carboxylic acids is 5. The first-order valence-corrected chi connectivity index (χ1v) is 11.3. The Morgan fingerprint density at radius 2 is 1.62 bits per heavy atom. The molecule has 0 aliphatic carbocycles. The highest BCUT2D eigenvalue weighted by molar-refractivity contribution is 6.25. The number of imide groups is 2. The van der Waals surface area contributed by atoms with Crippen molar-refractivity contribution in [1.82, 2.24) is 15.1 Å². The van der Waals surface area contributed by atoms with Gasteiger partial charge in [-0.2, -0.15) is 0 Å². The van der Waals surface area contributed by atoms with Gasteiger partial charge in [0, 0.05) is 43.6 Å². The maximum absolute atomic E-state index is 13.3. The number of piperidine rings is 1. The lowest BCUT2D eigenvalue weighted by Gasteiger charge is -2.61. The number of benzene rings is 2. The van der Waals surface area contributed by atoms with E-state index in [4.69, 9.17) is 0 Å². The van der Waals surface area contributed by atoms with Crippen LogP contribution in [0.15, 0.2) is 48.5 Å². The lowest BCUT2D eigenvalue weighted by atomic mass is 9.72. The summed E-state index contributed by atoms with van der Waals surface area (Å²) >= 11 is 0. The number of likely N-dealkylation sites (tertiary alicyclic amines) is 1. The molecule has 4 heterocycles. The van der Waals surface area contributed by atoms with Gasteiger partial charge in [0.2, 0.25) is 11.8 Å². The SMILES string of the molecule is O=C1CCC(N2C(=O)c3cccc(N4CC5(CN(C(=O)c6ccccc6)C5)C4)c3C2=O)C(=O)N1. The maximum atomic E-state index is 13.3. The van der Waals surface area contributed by atoms with E-state index in [9.17, 15) is 24.0 Å². The lowest BCUT2D eigenvalue weighted by Crippen LogP contribution is -2.73. The zero-order chi connectivity index (χ0) is 23.6. The molecule has 3 fully saturated rings. The maximum Gasteiger partial charge on any atom is 0.264 e. The van der Waals surface area contributed by atoms with Gasteiger partial charge >= 0.3 is 0 Å². The Bertz CT molecular complexity index is 1260. The molecule has 9 nitrogen and oxygen atoms in total. The van der Waals surface area contributed by atoms with Gasteiger partial charge in [0.05, 0.1) is 16.8 Å². The van der Waals surface area contributed by atoms with Crippen LogP contribution in [-0.4, -0.2) is 71.6 Å². The highest BCUT2D eigenvalue weighted by atomic mass is 16.2. The number of rotatable bonds is 3. The molecule has 5 amide bonds. The van der Waals surface area contributed by atoms with E-state index in [1.807, 2.05) is 41.3 Å². The van der Waals surface area contributed by atoms with Gasteiger partial charge in [0.15, 0.2) is 0 Å². The second-order valence-electron chi connectivity index (χ2n) is 9.53. The fraction of sp³-hybridized carbons (Fsp3) is 0.320. The predicted molar refractivity (Wildman–Crippen MR) is 120 cm³/mol. The zero-order valence-electron chi connectivity index (χ0n) is 18.3. The van der Waals surface area contributed by atoms with Crippen molar-refractivity contribution < 1.29 is 24.0 Å². The summed E-state index contributed by atoms with van der Waals surface area (Å²) in [4.78, 5) is 67.7. The summed E-state index contributed by atoms with van der Waals surface area (Å²) in [6.45, 7) is 2.67. The van der Waals surface area contributed by atoms with Gasteiger partial charge in [-0.25, -0.2) is 0 Å². The van der Waals surface area contributed by atoms with Crippen LogP contribution in [0.5, 0.6) is 0 Å². The van der Waals surface area contributed by atoms with Crippen LogP contribution in [0.3, 0.4) is 0 Å². The Morgan fingerprint density at radius 3 is 2.32 bits per heavy atom. The van der Waals surface area contributed by atoms with E-state index in [2.05, 4.69) is 10.2 Å². The Hall–Kier alpha value is -4.01. The number of amides is 5. The summed E-state index contributed by atoms with van der Waals surface area (Å²) in [5.41, 5.74) is 1.92. The number of nitrogens with one attached hydrogen (secondary N) is 1. The number of nitrogens with zero attached hydrogens (tertiary/aromatic N) is 3. The van der Waals surface area contributed by atoms with Crippen LogP contribution in [0.1, 0.15) is 43.9 Å². The minimum Gasteiger partial charge on any atom is -0.369 e. The molecule has 1 unspecified atom stereocenters. The summed E-state index contributed by atoms with van der Waals surface area (Å²) in [6.07, 6.45) is 0.215. The Kier molecular flexibility index (Phi) is 4.39. The van der Waals surface area contributed by atoms with Gasteiger partial charge < -0.3 is 9.80 Å². The predicted octanol–water partition coefficient (Wildman–Crippen LogP) is 1.05. The number of carbonyl (C=O) groups is 5. The van der Waals surface area contributed by atoms with Crippen molar-refractivity contribution in [3.63, 3.8) is 0 Å². The molecule has 1 spiro atoms. The highest BCUT2D eigenvalue weighted by Gasteiger charge is 2.55. The van der Waals surface area contributed by atoms with Gasteiger partial charge in [-0.15, -0.1) is 0 Å². The molecule has 172 valence electrons. The Labute approximate surface area is 195 Å². The van der Waals surface area contributed by atoms with Crippen LogP contribution < -0.4 is 10.2 Å². The second kappa shape index (κ2) is 7.24. The van der Waals surface area contributed by atoms with E-state index >= 15 is 0 Å². The summed E-state index contributed by atoms with van der Waals surface area (Å²) in [6, 6.07) is 13.4. The van der Waals surface area contributed by atoms with Crippen LogP contribution in [0, 0.1) is 5.41 Å². The smallest absolute Gasteiger partial charge is 0.264 e. The summed E-state index contributed by atoms with van der Waals surface area (Å²) < 4.78 is 0. The van der Waals surface area contributed by atoms with E-state index in [0.29, 0.717) is 43.0 Å². The van der Waals surface area contributed by atoms with Crippen molar-refractivity contribution in [2.45, 2.75) is 18.9 Å². The van der Waals surface area contributed by atoms with Crippen molar-refractivity contribution in [3.05, 3.63) is 65.2 Å². The van der Waals surface area contributed by atoms with Crippen molar-refractivity contribution in [3.8, 4) is 0 Å². The topological polar surface area (TPSA) is 107 Å². The minimum atomic E-state index is -0.982. The molecule has 2 aromatic rings. The van der Waals surface area contributed by atoms with E-state index < -0.39 is 29.7 Å². The minimum absolute atomic E-state index is 0.0118. The van der Waals surface area contributed by atoms with Crippen LogP contribution in [-0.2, 0) is 9.59 Å². The summed E-state index contributed by atoms with van der Waals surface area (Å²) in [7, 11) is 0. The van der Waals surface area contributed by atoms with Gasteiger partial charge in [0.1, 0.15) is 6.04 Å². The van der Waals surface area contributed by atoms with E-state index in [1.165, 1.54) is 0 Å². The van der Waals surface area contributed by atoms with Crippen molar-refractivity contribution in [2.75, 3.05) is 31.1 Å². The molecule has 34 heavy (non-hydrogen) atoms. The van der Waals surface area contributed by atoms with Crippen LogP contribution >= 0.6 is 0 Å². The molecule has 6 rings (SSSR count). The molecule has 2 aromatic carbocycles. The molecule has 0 bridgehead atoms. The fourth-order valence-corrected chi connectivity index (χ4v) is 5.56. The van der Waals surface area contributed by atoms with Crippen molar-refractivity contribution >= 4 is 35.2 Å². The number of hydrogen-bond donors (Lipinski definition) is 1. The molecule has 4 aliphatic rings. The summed E-state index contributed by atoms with van der Waals surface area (Å²) in [5, 5.41) is 2.22. The molecule has 3 saturated heterocycles. The third kappa shape index (κ3) is 2.96. The molecular weight excluding hydrogens is 436 g/mol. The Morgan fingerprint density at radius 1 is 0.882 bits per heavy atom. The molecular formula is C25H22N4O5. The van der Waals surface area contributed by atoms with Gasteiger partial charge in [-0.3, -0.25) is 34.2 Å². The fourth-order valence-electron chi connectivity index (χ4n) is 5.56. The van der Waals surface area contributed by atoms with Gasteiger partial charge in [-0.05, 0) is 30.7 Å². The quantitative estimate of drug-likeness (QED) is 0.689. The van der Waals surface area contributed by atoms with Crippen molar-refractivity contribution in [2.24, 2.45) is 5.41 Å². The first-order valence-electron chi connectivity index (χ1n) is 11.3. The number of fused-ring (bicyclic) bond motifs is 1. The standard InChI is InChI=1S/C25H22N4O5/c30-19-10-9-18(21(31)26-19)29-23(33)16-7-4-8-17(20(16)24(29)34)27-11-25(12-27)13-28(14-25)22(32)15-5-2-1-3-6-15/h1-8,18H,9-14H2,(H,26,30,31).